The molecule has 0 N–H and O–H groups in total. The summed E-state index contributed by atoms with van der Waals surface area (Å²) in [6.45, 7) is 0.235. The molecule has 0 radical (unpaired) electrons. The first kappa shape index (κ1) is 21.4. The zero-order valence-corrected chi connectivity index (χ0v) is 18.5. The SMILES string of the molecule is N#Cc1c(SCC(=O)OCc2ccccc2)nc2c(c1-c1ccc(Cl)cc1)CCCC2. The van der Waals surface area contributed by atoms with Crippen LogP contribution < -0.4 is 0 Å². The maximum atomic E-state index is 12.3. The van der Waals surface area contributed by atoms with Crippen LogP contribution in [0.1, 0.15) is 35.2 Å². The summed E-state index contributed by atoms with van der Waals surface area (Å²) in [5.74, 6) is -0.224. The van der Waals surface area contributed by atoms with Gasteiger partial charge in [-0.05, 0) is 54.5 Å². The summed E-state index contributed by atoms with van der Waals surface area (Å²) in [6, 6.07) is 19.5. The van der Waals surface area contributed by atoms with E-state index in [1.807, 2.05) is 54.6 Å². The number of nitrogens with zero attached hydrogens (tertiary/aromatic N) is 2. The van der Waals surface area contributed by atoms with Gasteiger partial charge in [0.2, 0.25) is 0 Å². The minimum atomic E-state index is -0.328. The number of halogens is 1. The number of rotatable bonds is 6. The number of aromatic nitrogens is 1. The lowest BCUT2D eigenvalue weighted by Gasteiger charge is -2.22. The van der Waals surface area contributed by atoms with Crippen LogP contribution in [0.3, 0.4) is 0 Å². The van der Waals surface area contributed by atoms with Crippen LogP contribution in [-0.2, 0) is 29.0 Å². The highest BCUT2D eigenvalue weighted by Gasteiger charge is 2.23. The quantitative estimate of drug-likeness (QED) is 0.342. The number of fused-ring (bicyclic) bond motifs is 1. The maximum Gasteiger partial charge on any atom is 0.316 e. The average Bonchev–Trinajstić information content (AvgIpc) is 2.81. The molecule has 0 atom stereocenters. The fraction of sp³-hybridized carbons (Fsp3) is 0.240. The summed E-state index contributed by atoms with van der Waals surface area (Å²) in [5, 5.41) is 11.2. The Hall–Kier alpha value is -2.81. The molecule has 31 heavy (non-hydrogen) atoms. The molecule has 4 nitrogen and oxygen atoms in total. The largest absolute Gasteiger partial charge is 0.460 e. The van der Waals surface area contributed by atoms with E-state index < -0.39 is 0 Å². The number of hydrogen-bond donors (Lipinski definition) is 0. The van der Waals surface area contributed by atoms with Crippen LogP contribution in [0.2, 0.25) is 5.02 Å². The summed E-state index contributed by atoms with van der Waals surface area (Å²) in [6.07, 6.45) is 3.94. The van der Waals surface area contributed by atoms with Gasteiger partial charge in [-0.15, -0.1) is 0 Å². The predicted octanol–water partition coefficient (Wildman–Crippen LogP) is 5.99. The molecule has 2 aromatic carbocycles. The summed E-state index contributed by atoms with van der Waals surface area (Å²) in [7, 11) is 0. The van der Waals surface area contributed by atoms with Gasteiger partial charge in [0.15, 0.2) is 0 Å². The number of hydrogen-bond acceptors (Lipinski definition) is 5. The lowest BCUT2D eigenvalue weighted by atomic mass is 9.87. The molecule has 4 rings (SSSR count). The van der Waals surface area contributed by atoms with Gasteiger partial charge >= 0.3 is 5.97 Å². The van der Waals surface area contributed by atoms with Crippen molar-refractivity contribution in [1.29, 1.82) is 5.26 Å². The number of nitriles is 1. The second kappa shape index (κ2) is 10.00. The number of ether oxygens (including phenoxy) is 1. The van der Waals surface area contributed by atoms with Crippen LogP contribution in [0, 0.1) is 11.3 Å². The molecule has 1 aromatic heterocycles. The van der Waals surface area contributed by atoms with E-state index in [9.17, 15) is 10.1 Å². The fourth-order valence-electron chi connectivity index (χ4n) is 3.77. The van der Waals surface area contributed by atoms with Crippen molar-refractivity contribution in [2.75, 3.05) is 5.75 Å². The van der Waals surface area contributed by atoms with Crippen molar-refractivity contribution in [2.24, 2.45) is 0 Å². The van der Waals surface area contributed by atoms with E-state index >= 15 is 0 Å². The Morgan fingerprint density at radius 2 is 1.84 bits per heavy atom. The standard InChI is InChI=1S/C25H21ClN2O2S/c26-19-12-10-18(11-13-19)24-20-8-4-5-9-22(20)28-25(21(24)14-27)31-16-23(29)30-15-17-6-2-1-3-7-17/h1-3,6-7,10-13H,4-5,8-9,15-16H2. The Labute approximate surface area is 191 Å². The van der Waals surface area contributed by atoms with Crippen molar-refractivity contribution in [1.82, 2.24) is 4.98 Å². The summed E-state index contributed by atoms with van der Waals surface area (Å²) >= 11 is 7.34. The molecule has 0 unspecified atom stereocenters. The van der Waals surface area contributed by atoms with Crippen molar-refractivity contribution in [2.45, 2.75) is 37.3 Å². The van der Waals surface area contributed by atoms with Crippen molar-refractivity contribution < 1.29 is 9.53 Å². The van der Waals surface area contributed by atoms with Gasteiger partial charge in [-0.3, -0.25) is 4.79 Å². The number of thioether (sulfide) groups is 1. The highest BCUT2D eigenvalue weighted by Crippen LogP contribution is 2.38. The van der Waals surface area contributed by atoms with E-state index in [0.29, 0.717) is 15.6 Å². The van der Waals surface area contributed by atoms with Gasteiger partial charge in [0.25, 0.3) is 0 Å². The van der Waals surface area contributed by atoms with E-state index in [1.54, 1.807) is 0 Å². The van der Waals surface area contributed by atoms with E-state index in [4.69, 9.17) is 21.3 Å². The van der Waals surface area contributed by atoms with Crippen molar-refractivity contribution in [3.8, 4) is 17.2 Å². The third-order valence-corrected chi connectivity index (χ3v) is 6.46. The summed E-state index contributed by atoms with van der Waals surface area (Å²) in [4.78, 5) is 17.1. The Kier molecular flexibility index (Phi) is 6.91. The summed E-state index contributed by atoms with van der Waals surface area (Å²) < 4.78 is 5.38. The smallest absolute Gasteiger partial charge is 0.316 e. The predicted molar refractivity (Wildman–Crippen MR) is 123 cm³/mol. The second-order valence-corrected chi connectivity index (χ2v) is 8.75. The summed E-state index contributed by atoms with van der Waals surface area (Å²) in [5.41, 5.74) is 5.50. The zero-order valence-electron chi connectivity index (χ0n) is 16.9. The van der Waals surface area contributed by atoms with Gasteiger partial charge < -0.3 is 4.74 Å². The molecule has 0 saturated heterocycles. The van der Waals surface area contributed by atoms with E-state index in [0.717, 1.165) is 53.6 Å². The second-order valence-electron chi connectivity index (χ2n) is 7.35. The molecule has 0 saturated carbocycles. The molecule has 6 heteroatoms. The molecule has 0 amide bonds. The Morgan fingerprint density at radius 3 is 2.58 bits per heavy atom. The number of carbonyl (C=O) groups is 1. The third kappa shape index (κ3) is 5.10. The highest BCUT2D eigenvalue weighted by molar-refractivity contribution is 7.99. The van der Waals surface area contributed by atoms with Crippen molar-refractivity contribution in [3.05, 3.63) is 82.0 Å². The molecule has 156 valence electrons. The van der Waals surface area contributed by atoms with Crippen LogP contribution in [0.4, 0.5) is 0 Å². The monoisotopic (exact) mass is 448 g/mol. The maximum absolute atomic E-state index is 12.3. The van der Waals surface area contributed by atoms with Crippen LogP contribution >= 0.6 is 23.4 Å². The topological polar surface area (TPSA) is 63.0 Å². The molecule has 1 aliphatic carbocycles. The first-order chi connectivity index (χ1) is 15.2. The van der Waals surface area contributed by atoms with Crippen LogP contribution in [-0.4, -0.2) is 16.7 Å². The molecular formula is C25H21ClN2O2S. The van der Waals surface area contributed by atoms with Gasteiger partial charge in [0.1, 0.15) is 17.7 Å². The fourth-order valence-corrected chi connectivity index (χ4v) is 4.70. The normalized spacial score (nSPS) is 12.6. The number of benzene rings is 2. The van der Waals surface area contributed by atoms with Crippen LogP contribution in [0.25, 0.3) is 11.1 Å². The molecule has 3 aromatic rings. The van der Waals surface area contributed by atoms with Crippen LogP contribution in [0.5, 0.6) is 0 Å². The van der Waals surface area contributed by atoms with Gasteiger partial charge in [0.05, 0.1) is 11.3 Å². The minimum Gasteiger partial charge on any atom is -0.460 e. The number of esters is 1. The van der Waals surface area contributed by atoms with Crippen LogP contribution in [0.15, 0.2) is 59.6 Å². The zero-order chi connectivity index (χ0) is 21.6. The Balaban J connectivity index is 1.59. The van der Waals surface area contributed by atoms with Gasteiger partial charge in [0, 0.05) is 16.3 Å². The molecule has 0 aliphatic heterocycles. The Morgan fingerprint density at radius 1 is 1.10 bits per heavy atom. The van der Waals surface area contributed by atoms with Gasteiger partial charge in [-0.1, -0.05) is 65.8 Å². The molecule has 1 aliphatic rings. The molecule has 0 spiro atoms. The number of carbonyl (C=O) groups excluding carboxylic acids is 1. The number of aryl methyl sites for hydroxylation is 1. The van der Waals surface area contributed by atoms with E-state index in [1.165, 1.54) is 11.8 Å². The average molecular weight is 449 g/mol. The molecular weight excluding hydrogens is 428 g/mol. The van der Waals surface area contributed by atoms with Gasteiger partial charge in [-0.25, -0.2) is 4.98 Å². The molecule has 1 heterocycles. The minimum absolute atomic E-state index is 0.105. The number of pyridine rings is 1. The lowest BCUT2D eigenvalue weighted by molar-refractivity contribution is -0.141. The lowest BCUT2D eigenvalue weighted by Crippen LogP contribution is -2.12. The van der Waals surface area contributed by atoms with E-state index in [-0.39, 0.29) is 18.3 Å². The molecule has 0 bridgehead atoms. The highest BCUT2D eigenvalue weighted by atomic mass is 35.5. The van der Waals surface area contributed by atoms with Gasteiger partial charge in [-0.2, -0.15) is 5.26 Å². The first-order valence-corrected chi connectivity index (χ1v) is 11.6. The van der Waals surface area contributed by atoms with E-state index in [2.05, 4.69) is 6.07 Å². The molecule has 0 fully saturated rings. The van der Waals surface area contributed by atoms with Crippen molar-refractivity contribution in [3.63, 3.8) is 0 Å². The third-order valence-electron chi connectivity index (χ3n) is 5.25. The Bertz CT molecular complexity index is 1120. The first-order valence-electron chi connectivity index (χ1n) is 10.2. The van der Waals surface area contributed by atoms with Crippen molar-refractivity contribution >= 4 is 29.3 Å².